The van der Waals surface area contributed by atoms with Crippen molar-refractivity contribution in [2.45, 2.75) is 16.7 Å². The first kappa shape index (κ1) is 15.8. The molecule has 114 valence electrons. The van der Waals surface area contributed by atoms with Crippen LogP contribution in [0, 0.1) is 6.92 Å². The molecule has 0 bridgehead atoms. The summed E-state index contributed by atoms with van der Waals surface area (Å²) in [7, 11) is -7.38. The lowest BCUT2D eigenvalue weighted by atomic mass is 10.3. The highest BCUT2D eigenvalue weighted by molar-refractivity contribution is 7.92. The third-order valence-corrected chi connectivity index (χ3v) is 5.60. The van der Waals surface area contributed by atoms with E-state index >= 15 is 0 Å². The van der Waals surface area contributed by atoms with Gasteiger partial charge in [-0.3, -0.25) is 9.82 Å². The Balaban J connectivity index is 2.47. The maximum absolute atomic E-state index is 12.2. The minimum atomic E-state index is -3.91. The number of nitrogens with zero attached hydrogens (tertiary/aromatic N) is 1. The number of aryl methyl sites for hydroxylation is 1. The first-order valence-electron chi connectivity index (χ1n) is 5.63. The zero-order valence-corrected chi connectivity index (χ0v) is 13.5. The molecule has 21 heavy (non-hydrogen) atoms. The first-order valence-corrected chi connectivity index (χ1v) is 9.39. The van der Waals surface area contributed by atoms with Crippen molar-refractivity contribution < 1.29 is 16.8 Å². The van der Waals surface area contributed by atoms with Crippen LogP contribution in [0.15, 0.2) is 34.2 Å². The third-order valence-electron chi connectivity index (χ3n) is 2.68. The second-order valence-electron chi connectivity index (χ2n) is 4.38. The molecule has 2 N–H and O–H groups in total. The standard InChI is InChI=1S/C11H12ClN3O4S2/c1-7-11(6-13-14-7)21(18,19)15-10-5-8(20(2,16)17)3-4-9(10)12/h3-6,15H,1-2H3,(H,13,14). The predicted molar refractivity (Wildman–Crippen MR) is 78.7 cm³/mol. The Kier molecular flexibility index (Phi) is 4.00. The summed E-state index contributed by atoms with van der Waals surface area (Å²) in [4.78, 5) is -0.0724. The molecule has 0 saturated heterocycles. The highest BCUT2D eigenvalue weighted by Gasteiger charge is 2.21. The lowest BCUT2D eigenvalue weighted by Crippen LogP contribution is -2.14. The van der Waals surface area contributed by atoms with E-state index in [1.54, 1.807) is 6.92 Å². The van der Waals surface area contributed by atoms with Crippen molar-refractivity contribution >= 4 is 37.1 Å². The fourth-order valence-corrected chi connectivity index (χ4v) is 3.70. The number of anilines is 1. The summed E-state index contributed by atoms with van der Waals surface area (Å²) in [6.07, 6.45) is 2.18. The molecule has 0 aliphatic heterocycles. The molecule has 0 fully saturated rings. The number of sulfone groups is 1. The van der Waals surface area contributed by atoms with Crippen molar-refractivity contribution in [3.63, 3.8) is 0 Å². The van der Waals surface area contributed by atoms with Crippen LogP contribution in [0.3, 0.4) is 0 Å². The molecule has 1 aromatic heterocycles. The Morgan fingerprint density at radius 2 is 1.90 bits per heavy atom. The van der Waals surface area contributed by atoms with Gasteiger partial charge in [0.1, 0.15) is 4.90 Å². The minimum absolute atomic E-state index is 0.0137. The normalized spacial score (nSPS) is 12.3. The molecular formula is C11H12ClN3O4S2. The first-order chi connectivity index (χ1) is 9.61. The van der Waals surface area contributed by atoms with Gasteiger partial charge in [-0.25, -0.2) is 16.8 Å². The molecule has 2 rings (SSSR count). The van der Waals surface area contributed by atoms with E-state index in [0.29, 0.717) is 5.69 Å². The number of rotatable bonds is 4. The number of nitrogens with one attached hydrogen (secondary N) is 2. The quantitative estimate of drug-likeness (QED) is 0.870. The molecule has 0 atom stereocenters. The SMILES string of the molecule is Cc1[nH]ncc1S(=O)(=O)Nc1cc(S(C)(=O)=O)ccc1Cl. The van der Waals surface area contributed by atoms with Gasteiger partial charge in [0.2, 0.25) is 0 Å². The number of halogens is 1. The number of hydrogen-bond acceptors (Lipinski definition) is 5. The summed E-state index contributed by atoms with van der Waals surface area (Å²) < 4.78 is 49.7. The van der Waals surface area contributed by atoms with Gasteiger partial charge < -0.3 is 0 Å². The molecule has 0 aliphatic rings. The van der Waals surface area contributed by atoms with Crippen molar-refractivity contribution in [1.29, 1.82) is 0 Å². The van der Waals surface area contributed by atoms with E-state index < -0.39 is 19.9 Å². The van der Waals surface area contributed by atoms with Crippen LogP contribution in [-0.2, 0) is 19.9 Å². The maximum Gasteiger partial charge on any atom is 0.265 e. The van der Waals surface area contributed by atoms with Gasteiger partial charge >= 0.3 is 0 Å². The van der Waals surface area contributed by atoms with Crippen molar-refractivity contribution in [3.8, 4) is 0 Å². The van der Waals surface area contributed by atoms with Crippen LogP contribution < -0.4 is 4.72 Å². The Hall–Kier alpha value is -1.58. The third kappa shape index (κ3) is 3.36. The number of hydrogen-bond donors (Lipinski definition) is 2. The van der Waals surface area contributed by atoms with Crippen molar-refractivity contribution in [3.05, 3.63) is 35.1 Å². The van der Waals surface area contributed by atoms with Gasteiger partial charge in [0.05, 0.1) is 27.5 Å². The molecule has 0 radical (unpaired) electrons. The summed E-state index contributed by atoms with van der Waals surface area (Å²) in [5.41, 5.74) is 0.345. The lowest BCUT2D eigenvalue weighted by molar-refractivity contribution is 0.598. The van der Waals surface area contributed by atoms with Crippen LogP contribution in [-0.4, -0.2) is 33.3 Å². The van der Waals surface area contributed by atoms with Crippen molar-refractivity contribution in [2.75, 3.05) is 11.0 Å². The van der Waals surface area contributed by atoms with Crippen LogP contribution in [0.5, 0.6) is 0 Å². The van der Waals surface area contributed by atoms with Gasteiger partial charge in [0.15, 0.2) is 9.84 Å². The zero-order chi connectivity index (χ0) is 15.8. The van der Waals surface area contributed by atoms with Gasteiger partial charge in [-0.05, 0) is 25.1 Å². The Labute approximate surface area is 127 Å². The Morgan fingerprint density at radius 3 is 2.43 bits per heavy atom. The molecular weight excluding hydrogens is 338 g/mol. The second-order valence-corrected chi connectivity index (χ2v) is 8.45. The van der Waals surface area contributed by atoms with Crippen LogP contribution >= 0.6 is 11.6 Å². The van der Waals surface area contributed by atoms with Gasteiger partial charge in [0.25, 0.3) is 10.0 Å². The van der Waals surface area contributed by atoms with E-state index in [0.717, 1.165) is 12.5 Å². The van der Waals surface area contributed by atoms with E-state index in [1.807, 2.05) is 0 Å². The molecule has 0 spiro atoms. The van der Waals surface area contributed by atoms with Gasteiger partial charge in [-0.15, -0.1) is 0 Å². The number of aromatic amines is 1. The van der Waals surface area contributed by atoms with E-state index in [2.05, 4.69) is 14.9 Å². The molecule has 0 saturated carbocycles. The van der Waals surface area contributed by atoms with Crippen LogP contribution in [0.4, 0.5) is 5.69 Å². The van der Waals surface area contributed by atoms with Gasteiger partial charge in [-0.1, -0.05) is 11.6 Å². The highest BCUT2D eigenvalue weighted by Crippen LogP contribution is 2.28. The average Bonchev–Trinajstić information content (AvgIpc) is 2.77. The van der Waals surface area contributed by atoms with E-state index in [4.69, 9.17) is 11.6 Å². The van der Waals surface area contributed by atoms with Crippen molar-refractivity contribution in [1.82, 2.24) is 10.2 Å². The molecule has 2 aromatic rings. The van der Waals surface area contributed by atoms with Crippen LogP contribution in [0.25, 0.3) is 0 Å². The monoisotopic (exact) mass is 349 g/mol. The number of aromatic nitrogens is 2. The molecule has 1 aromatic carbocycles. The summed E-state index contributed by atoms with van der Waals surface area (Å²) in [5.74, 6) is 0. The zero-order valence-electron chi connectivity index (χ0n) is 11.1. The number of sulfonamides is 1. The number of benzene rings is 1. The predicted octanol–water partition coefficient (Wildman–Crippen LogP) is 1.58. The molecule has 1 heterocycles. The fourth-order valence-electron chi connectivity index (χ4n) is 1.62. The van der Waals surface area contributed by atoms with E-state index in [-0.39, 0.29) is 20.5 Å². The molecule has 0 aliphatic carbocycles. The Bertz CT molecular complexity index is 888. The maximum atomic E-state index is 12.2. The smallest absolute Gasteiger partial charge is 0.265 e. The van der Waals surface area contributed by atoms with E-state index in [1.165, 1.54) is 18.2 Å². The number of H-pyrrole nitrogens is 1. The summed E-state index contributed by atoms with van der Waals surface area (Å²) in [6.45, 7) is 1.55. The van der Waals surface area contributed by atoms with Gasteiger partial charge in [0, 0.05) is 6.26 Å². The molecule has 10 heteroatoms. The Morgan fingerprint density at radius 1 is 1.24 bits per heavy atom. The topological polar surface area (TPSA) is 109 Å². The fraction of sp³-hybridized carbons (Fsp3) is 0.182. The van der Waals surface area contributed by atoms with Gasteiger partial charge in [-0.2, -0.15) is 5.10 Å². The van der Waals surface area contributed by atoms with Crippen LogP contribution in [0.2, 0.25) is 5.02 Å². The lowest BCUT2D eigenvalue weighted by Gasteiger charge is -2.10. The summed E-state index contributed by atoms with van der Waals surface area (Å²) in [5, 5.41) is 6.24. The minimum Gasteiger partial charge on any atom is -0.281 e. The van der Waals surface area contributed by atoms with E-state index in [9.17, 15) is 16.8 Å². The largest absolute Gasteiger partial charge is 0.281 e. The van der Waals surface area contributed by atoms with Crippen molar-refractivity contribution in [2.24, 2.45) is 0 Å². The molecule has 0 amide bonds. The summed E-state index contributed by atoms with van der Waals surface area (Å²) >= 11 is 5.91. The summed E-state index contributed by atoms with van der Waals surface area (Å²) in [6, 6.07) is 3.79. The average molecular weight is 350 g/mol. The molecule has 0 unspecified atom stereocenters. The molecule has 7 nitrogen and oxygen atoms in total. The highest BCUT2D eigenvalue weighted by atomic mass is 35.5. The second kappa shape index (κ2) is 5.32. The van der Waals surface area contributed by atoms with Crippen LogP contribution in [0.1, 0.15) is 5.69 Å².